The molecule has 1 heterocycles. The molecule has 0 bridgehead atoms. The van der Waals surface area contributed by atoms with E-state index in [0.717, 1.165) is 47.9 Å². The predicted octanol–water partition coefficient (Wildman–Crippen LogP) is 5.06. The van der Waals surface area contributed by atoms with Crippen molar-refractivity contribution in [2.75, 3.05) is 27.4 Å². The number of hydrogen-bond donors (Lipinski definition) is 1. The summed E-state index contributed by atoms with van der Waals surface area (Å²) in [5.41, 5.74) is 3.25. The van der Waals surface area contributed by atoms with Crippen LogP contribution < -0.4 is 24.3 Å². The Kier molecular flexibility index (Phi) is 9.01. The zero-order chi connectivity index (χ0) is 22.8. The van der Waals surface area contributed by atoms with E-state index in [1.165, 1.54) is 5.56 Å². The van der Waals surface area contributed by atoms with Crippen molar-refractivity contribution in [3.63, 3.8) is 0 Å². The van der Waals surface area contributed by atoms with E-state index in [1.807, 2.05) is 43.3 Å². The monoisotopic (exact) mass is 456 g/mol. The van der Waals surface area contributed by atoms with Gasteiger partial charge in [-0.3, -0.25) is 0 Å². The molecule has 1 N–H and O–H groups in total. The van der Waals surface area contributed by atoms with Gasteiger partial charge in [-0.05, 0) is 61.3 Å². The first-order chi connectivity index (χ1) is 15.6. The number of nitrogens with zero attached hydrogens (tertiary/aromatic N) is 1. The molecule has 0 aliphatic carbocycles. The molecule has 0 aliphatic heterocycles. The van der Waals surface area contributed by atoms with Gasteiger partial charge in [-0.2, -0.15) is 0 Å². The van der Waals surface area contributed by atoms with Crippen molar-refractivity contribution in [2.45, 2.75) is 26.5 Å². The lowest BCUT2D eigenvalue weighted by atomic mass is 10.1. The van der Waals surface area contributed by atoms with Gasteiger partial charge in [0.25, 0.3) is 0 Å². The van der Waals surface area contributed by atoms with E-state index in [2.05, 4.69) is 16.4 Å². The number of ether oxygens (including phenoxy) is 4. The first kappa shape index (κ1) is 23.7. The Hall–Kier alpha value is -2.96. The van der Waals surface area contributed by atoms with Crippen LogP contribution in [0.5, 0.6) is 23.0 Å². The van der Waals surface area contributed by atoms with Gasteiger partial charge in [-0.25, -0.2) is 4.98 Å². The molecule has 3 rings (SSSR count). The van der Waals surface area contributed by atoms with Crippen LogP contribution in [0.25, 0.3) is 0 Å². The van der Waals surface area contributed by atoms with Crippen LogP contribution in [-0.4, -0.2) is 32.4 Å². The second-order valence-corrected chi connectivity index (χ2v) is 7.50. The third-order valence-electron chi connectivity index (χ3n) is 4.86. The fourth-order valence-corrected chi connectivity index (χ4v) is 3.32. The second-order valence-electron chi connectivity index (χ2n) is 7.11. The molecular formula is C25H29ClN2O4. The number of methoxy groups -OCH3 is 2. The number of nitrogens with one attached hydrogen (secondary N) is 1. The molecule has 7 heteroatoms. The molecule has 0 aliphatic rings. The van der Waals surface area contributed by atoms with Crippen molar-refractivity contribution in [2.24, 2.45) is 0 Å². The average molecular weight is 457 g/mol. The Morgan fingerprint density at radius 3 is 2.25 bits per heavy atom. The first-order valence-corrected chi connectivity index (χ1v) is 10.9. The molecule has 0 fully saturated rings. The van der Waals surface area contributed by atoms with Gasteiger partial charge in [0.2, 0.25) is 0 Å². The highest BCUT2D eigenvalue weighted by Gasteiger charge is 2.08. The summed E-state index contributed by atoms with van der Waals surface area (Å²) in [7, 11) is 3.29. The van der Waals surface area contributed by atoms with Crippen LogP contribution in [0.3, 0.4) is 0 Å². The van der Waals surface area contributed by atoms with Crippen LogP contribution in [0.15, 0.2) is 54.7 Å². The van der Waals surface area contributed by atoms with Gasteiger partial charge >= 0.3 is 0 Å². The lowest BCUT2D eigenvalue weighted by Crippen LogP contribution is -2.16. The van der Waals surface area contributed by atoms with E-state index in [4.69, 9.17) is 30.5 Å². The minimum absolute atomic E-state index is 0.396. The molecule has 0 amide bonds. The number of aromatic nitrogens is 1. The zero-order valence-electron chi connectivity index (χ0n) is 18.7. The molecule has 1 aromatic heterocycles. The Morgan fingerprint density at radius 2 is 1.53 bits per heavy atom. The van der Waals surface area contributed by atoms with Crippen molar-refractivity contribution in [3.05, 3.63) is 76.6 Å². The number of rotatable bonds is 12. The minimum atomic E-state index is 0.396. The summed E-state index contributed by atoms with van der Waals surface area (Å²) < 4.78 is 22.4. The average Bonchev–Trinajstić information content (AvgIpc) is 2.82. The van der Waals surface area contributed by atoms with Crippen molar-refractivity contribution < 1.29 is 18.9 Å². The summed E-state index contributed by atoms with van der Waals surface area (Å²) in [6.45, 7) is 4.49. The Balaban J connectivity index is 1.54. The number of pyridine rings is 1. The van der Waals surface area contributed by atoms with Gasteiger partial charge < -0.3 is 24.3 Å². The summed E-state index contributed by atoms with van der Waals surface area (Å²) in [5.74, 6) is 2.92. The first-order valence-electron chi connectivity index (χ1n) is 10.5. The highest BCUT2D eigenvalue weighted by Crippen LogP contribution is 2.30. The fourth-order valence-electron chi connectivity index (χ4n) is 3.20. The SMILES string of the molecule is CCOc1cc(CNCCc2ccc(OC)c(OC)c2)ccc1OCc1ccc(Cl)nc1. The molecule has 170 valence electrons. The summed E-state index contributed by atoms with van der Waals surface area (Å²) >= 11 is 5.84. The second kappa shape index (κ2) is 12.2. The third kappa shape index (κ3) is 6.77. The number of hydrogen-bond acceptors (Lipinski definition) is 6. The molecule has 0 atom stereocenters. The van der Waals surface area contributed by atoms with E-state index >= 15 is 0 Å². The van der Waals surface area contributed by atoms with Gasteiger partial charge in [0.15, 0.2) is 23.0 Å². The molecule has 0 saturated heterocycles. The number of halogens is 1. The normalized spacial score (nSPS) is 10.6. The summed E-state index contributed by atoms with van der Waals surface area (Å²) in [4.78, 5) is 4.08. The summed E-state index contributed by atoms with van der Waals surface area (Å²) in [6, 6.07) is 15.6. The summed E-state index contributed by atoms with van der Waals surface area (Å²) in [6.07, 6.45) is 2.59. The van der Waals surface area contributed by atoms with Crippen LogP contribution in [0.2, 0.25) is 5.15 Å². The van der Waals surface area contributed by atoms with E-state index in [0.29, 0.717) is 24.1 Å². The topological polar surface area (TPSA) is 61.8 Å². The Labute approximate surface area is 194 Å². The third-order valence-corrected chi connectivity index (χ3v) is 5.08. The van der Waals surface area contributed by atoms with Crippen molar-refractivity contribution >= 4 is 11.6 Å². The smallest absolute Gasteiger partial charge is 0.161 e. The Morgan fingerprint density at radius 1 is 0.812 bits per heavy atom. The maximum Gasteiger partial charge on any atom is 0.161 e. The summed E-state index contributed by atoms with van der Waals surface area (Å²) in [5, 5.41) is 3.94. The van der Waals surface area contributed by atoms with Crippen LogP contribution in [0.4, 0.5) is 0 Å². The Bertz CT molecular complexity index is 996. The van der Waals surface area contributed by atoms with Gasteiger partial charge in [0.05, 0.1) is 20.8 Å². The lowest BCUT2D eigenvalue weighted by Gasteiger charge is -2.14. The van der Waals surface area contributed by atoms with E-state index < -0.39 is 0 Å². The van der Waals surface area contributed by atoms with Crippen LogP contribution in [0, 0.1) is 0 Å². The molecule has 0 saturated carbocycles. The van der Waals surface area contributed by atoms with E-state index in [1.54, 1.807) is 26.5 Å². The number of benzene rings is 2. The molecule has 2 aromatic carbocycles. The van der Waals surface area contributed by atoms with E-state index in [-0.39, 0.29) is 0 Å². The molecular weight excluding hydrogens is 428 g/mol. The molecule has 0 spiro atoms. The highest BCUT2D eigenvalue weighted by molar-refractivity contribution is 6.29. The van der Waals surface area contributed by atoms with Crippen molar-refractivity contribution in [3.8, 4) is 23.0 Å². The van der Waals surface area contributed by atoms with Gasteiger partial charge in [-0.1, -0.05) is 29.8 Å². The molecule has 6 nitrogen and oxygen atoms in total. The van der Waals surface area contributed by atoms with Crippen molar-refractivity contribution in [1.82, 2.24) is 10.3 Å². The lowest BCUT2D eigenvalue weighted by molar-refractivity contribution is 0.269. The van der Waals surface area contributed by atoms with Crippen LogP contribution in [-0.2, 0) is 19.6 Å². The molecule has 32 heavy (non-hydrogen) atoms. The zero-order valence-corrected chi connectivity index (χ0v) is 19.4. The quantitative estimate of drug-likeness (QED) is 0.303. The van der Waals surface area contributed by atoms with Gasteiger partial charge in [0, 0.05) is 18.3 Å². The standard InChI is InChI=1S/C25H29ClN2O4/c1-4-31-24-14-19(6-9-22(24)32-17-20-7-10-25(26)28-16-20)15-27-12-11-18-5-8-21(29-2)23(13-18)30-3/h5-10,13-14,16,27H,4,11-12,15,17H2,1-3H3. The molecule has 0 radical (unpaired) electrons. The van der Waals surface area contributed by atoms with Gasteiger partial charge in [-0.15, -0.1) is 0 Å². The highest BCUT2D eigenvalue weighted by atomic mass is 35.5. The fraction of sp³-hybridized carbons (Fsp3) is 0.320. The van der Waals surface area contributed by atoms with Crippen molar-refractivity contribution in [1.29, 1.82) is 0 Å². The predicted molar refractivity (Wildman–Crippen MR) is 126 cm³/mol. The minimum Gasteiger partial charge on any atom is -0.493 e. The maximum atomic E-state index is 5.94. The largest absolute Gasteiger partial charge is 0.493 e. The molecule has 0 unspecified atom stereocenters. The maximum absolute atomic E-state index is 5.94. The van der Waals surface area contributed by atoms with Gasteiger partial charge in [0.1, 0.15) is 11.8 Å². The van der Waals surface area contributed by atoms with Crippen LogP contribution in [0.1, 0.15) is 23.6 Å². The molecule has 3 aromatic rings. The van der Waals surface area contributed by atoms with E-state index in [9.17, 15) is 0 Å². The van der Waals surface area contributed by atoms with Crippen LogP contribution >= 0.6 is 11.6 Å².